The van der Waals surface area contributed by atoms with Crippen molar-refractivity contribution in [2.45, 2.75) is 45.4 Å². The van der Waals surface area contributed by atoms with Crippen LogP contribution in [-0.4, -0.2) is 19.5 Å². The fourth-order valence-electron chi connectivity index (χ4n) is 2.45. The topological polar surface area (TPSA) is 67.2 Å². The van der Waals surface area contributed by atoms with Crippen LogP contribution in [-0.2, 0) is 0 Å². The van der Waals surface area contributed by atoms with Crippen molar-refractivity contribution in [2.75, 3.05) is 13.6 Å². The quantitative estimate of drug-likeness (QED) is 0.598. The van der Waals surface area contributed by atoms with Crippen LogP contribution >= 0.6 is 35.3 Å². The molecule has 4 N–H and O–H groups in total. The van der Waals surface area contributed by atoms with E-state index in [-0.39, 0.29) is 5.91 Å². The van der Waals surface area contributed by atoms with Crippen LogP contribution in [0.15, 0.2) is 18.2 Å². The van der Waals surface area contributed by atoms with E-state index in [9.17, 15) is 4.79 Å². The molecule has 0 unspecified atom stereocenters. The van der Waals surface area contributed by atoms with Gasteiger partial charge in [-0.1, -0.05) is 62.2 Å². The lowest BCUT2D eigenvalue weighted by molar-refractivity contribution is 0.0963. The highest BCUT2D eigenvalue weighted by Gasteiger charge is 2.27. The largest absolute Gasteiger partial charge is 0.355 e. The predicted octanol–water partition coefficient (Wildman–Crippen LogP) is 5.06. The molecule has 3 rings (SSSR count). The Morgan fingerprint density at radius 1 is 1.24 bits per heavy atom. The van der Waals surface area contributed by atoms with Crippen molar-refractivity contribution in [1.82, 2.24) is 10.0 Å². The summed E-state index contributed by atoms with van der Waals surface area (Å²) >= 11 is 12.6. The summed E-state index contributed by atoms with van der Waals surface area (Å²) in [4.78, 5) is 11.1. The lowest BCUT2D eigenvalue weighted by atomic mass is 9.82. The SMILES string of the molecule is C1CC(CC2CC2)C1.CCNSN.CNC(=O)c1ccc(Cl)cc1Cl. The standard InChI is InChI=1S/C8H7Cl2NO.C8H14.C2H8N2S/c1-11-8(12)6-3-2-5(9)4-7(6)10;1-2-7(3-1)6-8-4-5-8;1-2-4-5-3/h2-4H,1H3,(H,11,12);7-8H,1-6H2;4H,2-3H2,1H3. The van der Waals surface area contributed by atoms with Gasteiger partial charge in [-0.3, -0.25) is 14.7 Å². The molecule has 0 radical (unpaired) electrons. The zero-order chi connectivity index (χ0) is 18.7. The molecule has 4 nitrogen and oxygen atoms in total. The fraction of sp³-hybridized carbons (Fsp3) is 0.611. The normalized spacial score (nSPS) is 15.9. The maximum Gasteiger partial charge on any atom is 0.252 e. The molecule has 0 atom stereocenters. The Morgan fingerprint density at radius 2 is 1.88 bits per heavy atom. The van der Waals surface area contributed by atoms with Gasteiger partial charge in [0.2, 0.25) is 0 Å². The highest BCUT2D eigenvalue weighted by molar-refractivity contribution is 7.95. The Kier molecular flexibility index (Phi) is 11.6. The molecular formula is C18H29Cl2N3OS. The number of carbonyl (C=O) groups excluding carboxylic acids is 1. The number of rotatable bonds is 5. The van der Waals surface area contributed by atoms with E-state index in [1.54, 1.807) is 51.3 Å². The zero-order valence-corrected chi connectivity index (χ0v) is 17.3. The van der Waals surface area contributed by atoms with E-state index in [0.29, 0.717) is 15.6 Å². The third kappa shape index (κ3) is 9.71. The number of benzene rings is 1. The minimum absolute atomic E-state index is 0.211. The molecule has 1 amide bonds. The second-order valence-corrected chi connectivity index (χ2v) is 7.66. The van der Waals surface area contributed by atoms with Crippen molar-refractivity contribution in [3.63, 3.8) is 0 Å². The molecule has 2 aliphatic rings. The highest BCUT2D eigenvalue weighted by Crippen LogP contribution is 2.41. The Hall–Kier alpha value is -0.460. The van der Waals surface area contributed by atoms with E-state index in [1.165, 1.54) is 24.3 Å². The second kappa shape index (κ2) is 12.8. The summed E-state index contributed by atoms with van der Waals surface area (Å²) in [5.41, 5.74) is 0.434. The summed E-state index contributed by atoms with van der Waals surface area (Å²) in [7, 11) is 1.55. The average molecular weight is 406 g/mol. The van der Waals surface area contributed by atoms with Crippen molar-refractivity contribution >= 4 is 41.2 Å². The van der Waals surface area contributed by atoms with Crippen LogP contribution in [0, 0.1) is 11.8 Å². The van der Waals surface area contributed by atoms with Crippen molar-refractivity contribution in [3.8, 4) is 0 Å². The van der Waals surface area contributed by atoms with Crippen molar-refractivity contribution < 1.29 is 4.79 Å². The minimum atomic E-state index is -0.211. The van der Waals surface area contributed by atoms with Gasteiger partial charge >= 0.3 is 0 Å². The van der Waals surface area contributed by atoms with Crippen LogP contribution < -0.4 is 15.2 Å². The Labute approximate surface area is 165 Å². The molecular weight excluding hydrogens is 377 g/mol. The van der Waals surface area contributed by atoms with Crippen molar-refractivity contribution in [3.05, 3.63) is 33.8 Å². The number of nitrogens with two attached hydrogens (primary N) is 1. The second-order valence-electron chi connectivity index (χ2n) is 6.30. The molecule has 0 heterocycles. The molecule has 0 aromatic heterocycles. The van der Waals surface area contributed by atoms with E-state index in [2.05, 4.69) is 10.0 Å². The lowest BCUT2D eigenvalue weighted by Gasteiger charge is -2.24. The first-order valence-corrected chi connectivity index (χ1v) is 10.4. The number of halogens is 2. The van der Waals surface area contributed by atoms with E-state index in [1.807, 2.05) is 6.92 Å². The van der Waals surface area contributed by atoms with Crippen molar-refractivity contribution in [1.29, 1.82) is 0 Å². The van der Waals surface area contributed by atoms with Crippen LogP contribution in [0.4, 0.5) is 0 Å². The van der Waals surface area contributed by atoms with Crippen LogP contribution in [0.1, 0.15) is 55.8 Å². The number of nitrogens with one attached hydrogen (secondary N) is 2. The van der Waals surface area contributed by atoms with Gasteiger partial charge in [0, 0.05) is 30.7 Å². The summed E-state index contributed by atoms with van der Waals surface area (Å²) in [6.07, 6.45) is 9.32. The third-order valence-electron chi connectivity index (χ3n) is 4.22. The van der Waals surface area contributed by atoms with E-state index >= 15 is 0 Å². The zero-order valence-electron chi connectivity index (χ0n) is 15.0. The van der Waals surface area contributed by atoms with E-state index < -0.39 is 0 Å². The van der Waals surface area contributed by atoms with Crippen LogP contribution in [0.3, 0.4) is 0 Å². The number of amides is 1. The van der Waals surface area contributed by atoms with E-state index in [4.69, 9.17) is 28.3 Å². The smallest absolute Gasteiger partial charge is 0.252 e. The van der Waals surface area contributed by atoms with Gasteiger partial charge in [0.05, 0.1) is 10.6 Å². The first kappa shape index (κ1) is 22.6. The number of hydrogen-bond donors (Lipinski definition) is 3. The average Bonchev–Trinajstić information content (AvgIpc) is 3.37. The first-order chi connectivity index (χ1) is 12.0. The molecule has 0 saturated heterocycles. The molecule has 25 heavy (non-hydrogen) atoms. The van der Waals surface area contributed by atoms with Crippen LogP contribution in [0.2, 0.25) is 10.0 Å². The molecule has 142 valence electrons. The van der Waals surface area contributed by atoms with Gasteiger partial charge in [-0.2, -0.15) is 0 Å². The summed E-state index contributed by atoms with van der Waals surface area (Å²) in [5.74, 6) is 2.14. The molecule has 2 aliphatic carbocycles. The summed E-state index contributed by atoms with van der Waals surface area (Å²) in [6.45, 7) is 2.93. The maximum absolute atomic E-state index is 11.1. The monoisotopic (exact) mass is 405 g/mol. The van der Waals surface area contributed by atoms with Gasteiger partial charge in [-0.25, -0.2) is 0 Å². The maximum atomic E-state index is 11.1. The molecule has 0 bridgehead atoms. The first-order valence-electron chi connectivity index (χ1n) is 8.77. The highest BCUT2D eigenvalue weighted by atomic mass is 35.5. The van der Waals surface area contributed by atoms with Crippen molar-refractivity contribution in [2.24, 2.45) is 17.0 Å². The van der Waals surface area contributed by atoms with Gasteiger partial charge in [0.25, 0.3) is 5.91 Å². The molecule has 1 aromatic carbocycles. The fourth-order valence-corrected chi connectivity index (χ4v) is 3.11. The van der Waals surface area contributed by atoms with Gasteiger partial charge in [0.15, 0.2) is 0 Å². The van der Waals surface area contributed by atoms with Gasteiger partial charge in [0.1, 0.15) is 0 Å². The Morgan fingerprint density at radius 3 is 2.24 bits per heavy atom. The third-order valence-corrected chi connectivity index (χ3v) is 5.22. The van der Waals surface area contributed by atoms with Crippen LogP contribution in [0.25, 0.3) is 0 Å². The summed E-state index contributed by atoms with van der Waals surface area (Å²) in [5, 5.41) is 8.30. The van der Waals surface area contributed by atoms with Gasteiger partial charge in [-0.15, -0.1) is 0 Å². The number of hydrogen-bond acceptors (Lipinski definition) is 4. The van der Waals surface area contributed by atoms with Gasteiger partial charge < -0.3 is 5.32 Å². The molecule has 0 spiro atoms. The predicted molar refractivity (Wildman–Crippen MR) is 110 cm³/mol. The Balaban J connectivity index is 0.000000207. The molecule has 7 heteroatoms. The lowest BCUT2D eigenvalue weighted by Crippen LogP contribution is -2.17. The molecule has 1 aromatic rings. The van der Waals surface area contributed by atoms with Crippen LogP contribution in [0.5, 0.6) is 0 Å². The number of carbonyl (C=O) groups is 1. The molecule has 2 fully saturated rings. The molecule has 0 aliphatic heterocycles. The van der Waals surface area contributed by atoms with E-state index in [0.717, 1.165) is 18.7 Å². The van der Waals surface area contributed by atoms with Gasteiger partial charge in [-0.05, 0) is 36.5 Å². The Bertz CT molecular complexity index is 521. The summed E-state index contributed by atoms with van der Waals surface area (Å²) in [6, 6.07) is 4.75. The molecule has 2 saturated carbocycles. The minimum Gasteiger partial charge on any atom is -0.355 e. The summed E-state index contributed by atoms with van der Waals surface area (Å²) < 4.78 is 2.81.